The van der Waals surface area contributed by atoms with Gasteiger partial charge in [-0.1, -0.05) is 6.58 Å². The predicted molar refractivity (Wildman–Crippen MR) is 97.7 cm³/mol. The van der Waals surface area contributed by atoms with Gasteiger partial charge in [-0.05, 0) is 38.8 Å². The molecule has 2 amide bonds. The number of likely N-dealkylation sites (tertiary alicyclic amines) is 1. The second kappa shape index (κ2) is 7.94. The lowest BCUT2D eigenvalue weighted by Crippen LogP contribution is -2.51. The van der Waals surface area contributed by atoms with E-state index in [1.807, 2.05) is 11.8 Å². The van der Waals surface area contributed by atoms with Crippen molar-refractivity contribution in [2.24, 2.45) is 5.92 Å². The number of fused-ring (bicyclic) bond motifs is 1. The number of amides is 2. The number of carbonyl (C=O) groups excluding carboxylic acids is 3. The van der Waals surface area contributed by atoms with Crippen LogP contribution >= 0.6 is 0 Å². The molecule has 2 unspecified atom stereocenters. The molecule has 3 heterocycles. The van der Waals surface area contributed by atoms with Crippen LogP contribution in [0.25, 0.3) is 0 Å². The number of ether oxygens (including phenoxy) is 1. The average Bonchev–Trinajstić information content (AvgIpc) is 3.09. The van der Waals surface area contributed by atoms with Crippen LogP contribution in [0.1, 0.15) is 42.9 Å². The van der Waals surface area contributed by atoms with E-state index in [0.717, 1.165) is 18.5 Å². The number of carbonyl (C=O) groups is 3. The highest BCUT2D eigenvalue weighted by Crippen LogP contribution is 2.25. The molecule has 0 saturated carbocycles. The lowest BCUT2D eigenvalue weighted by Gasteiger charge is -2.39. The predicted octanol–water partition coefficient (Wildman–Crippen LogP) is 1.22. The molecular weight excluding hydrogens is 348 g/mol. The Bertz CT molecular complexity index is 757. The fraction of sp³-hybridized carbons (Fsp3) is 0.579. The molecule has 3 rings (SSSR count). The van der Waals surface area contributed by atoms with Gasteiger partial charge >= 0.3 is 5.97 Å². The number of aromatic nitrogens is 2. The summed E-state index contributed by atoms with van der Waals surface area (Å²) in [5.74, 6) is -0.731. The Morgan fingerprint density at radius 3 is 2.85 bits per heavy atom. The second-order valence-electron chi connectivity index (χ2n) is 7.07. The molecule has 0 radical (unpaired) electrons. The van der Waals surface area contributed by atoms with E-state index in [2.05, 4.69) is 11.7 Å². The van der Waals surface area contributed by atoms with Crippen LogP contribution in [0.4, 0.5) is 0 Å². The van der Waals surface area contributed by atoms with Gasteiger partial charge in [-0.15, -0.1) is 0 Å². The molecule has 2 atom stereocenters. The van der Waals surface area contributed by atoms with Crippen LogP contribution in [-0.2, 0) is 27.4 Å². The largest absolute Gasteiger partial charge is 0.461 e. The van der Waals surface area contributed by atoms with Crippen LogP contribution in [0, 0.1) is 5.92 Å². The Morgan fingerprint density at radius 2 is 2.15 bits per heavy atom. The molecular formula is C19H26N4O4. The van der Waals surface area contributed by atoms with Gasteiger partial charge in [-0.2, -0.15) is 5.10 Å². The zero-order chi connectivity index (χ0) is 19.6. The SMILES string of the molecule is C=CC(=O)N1CCCC(C(=O)N2Cc3cc(C(=O)OCC)nn3CC2C)C1. The summed E-state index contributed by atoms with van der Waals surface area (Å²) >= 11 is 0. The first-order chi connectivity index (χ1) is 12.9. The monoisotopic (exact) mass is 374 g/mol. The Labute approximate surface area is 158 Å². The molecule has 2 aliphatic heterocycles. The molecule has 1 fully saturated rings. The van der Waals surface area contributed by atoms with Crippen molar-refractivity contribution in [2.75, 3.05) is 19.7 Å². The molecule has 27 heavy (non-hydrogen) atoms. The molecule has 146 valence electrons. The van der Waals surface area contributed by atoms with Gasteiger partial charge < -0.3 is 14.5 Å². The summed E-state index contributed by atoms with van der Waals surface area (Å²) in [7, 11) is 0. The van der Waals surface area contributed by atoms with E-state index in [9.17, 15) is 14.4 Å². The van der Waals surface area contributed by atoms with Crippen molar-refractivity contribution < 1.29 is 19.1 Å². The van der Waals surface area contributed by atoms with Gasteiger partial charge in [-0.3, -0.25) is 14.3 Å². The highest BCUT2D eigenvalue weighted by Gasteiger charge is 2.35. The zero-order valence-electron chi connectivity index (χ0n) is 15.9. The quantitative estimate of drug-likeness (QED) is 0.584. The highest BCUT2D eigenvalue weighted by molar-refractivity contribution is 5.88. The summed E-state index contributed by atoms with van der Waals surface area (Å²) in [5.41, 5.74) is 1.09. The molecule has 8 nitrogen and oxygen atoms in total. The lowest BCUT2D eigenvalue weighted by molar-refractivity contribution is -0.143. The van der Waals surface area contributed by atoms with Crippen LogP contribution in [0.5, 0.6) is 0 Å². The molecule has 0 aliphatic carbocycles. The topological polar surface area (TPSA) is 84.7 Å². The van der Waals surface area contributed by atoms with Crippen molar-refractivity contribution in [3.05, 3.63) is 30.1 Å². The Morgan fingerprint density at radius 1 is 1.37 bits per heavy atom. The van der Waals surface area contributed by atoms with E-state index in [1.54, 1.807) is 22.6 Å². The standard InChI is InChI=1S/C19H26N4O4/c1-4-17(24)21-8-6-7-14(11-21)18(25)22-12-15-9-16(19(26)27-5-2)20-23(15)10-13(22)3/h4,9,13-14H,1,5-8,10-12H2,2-3H3. The molecule has 8 heteroatoms. The van der Waals surface area contributed by atoms with Gasteiger partial charge in [0.2, 0.25) is 11.8 Å². The van der Waals surface area contributed by atoms with E-state index in [1.165, 1.54) is 6.08 Å². The van der Waals surface area contributed by atoms with Gasteiger partial charge in [0, 0.05) is 19.1 Å². The number of hydrogen-bond acceptors (Lipinski definition) is 5. The normalized spacial score (nSPS) is 22.1. The first kappa shape index (κ1) is 19.1. The number of piperidine rings is 1. The van der Waals surface area contributed by atoms with Gasteiger partial charge in [0.1, 0.15) is 0 Å². The first-order valence-corrected chi connectivity index (χ1v) is 9.40. The molecule has 1 aromatic heterocycles. The first-order valence-electron chi connectivity index (χ1n) is 9.40. The van der Waals surface area contributed by atoms with E-state index in [4.69, 9.17) is 4.74 Å². The maximum absolute atomic E-state index is 13.1. The molecule has 0 bridgehead atoms. The second-order valence-corrected chi connectivity index (χ2v) is 7.07. The van der Waals surface area contributed by atoms with Crippen LogP contribution < -0.4 is 0 Å². The molecule has 0 aromatic carbocycles. The number of esters is 1. The van der Waals surface area contributed by atoms with Gasteiger partial charge in [0.15, 0.2) is 5.69 Å². The van der Waals surface area contributed by atoms with Crippen molar-refractivity contribution in [2.45, 2.75) is 45.8 Å². The lowest BCUT2D eigenvalue weighted by atomic mass is 9.95. The number of hydrogen-bond donors (Lipinski definition) is 0. The fourth-order valence-corrected chi connectivity index (χ4v) is 3.76. The van der Waals surface area contributed by atoms with Crippen LogP contribution in [-0.4, -0.2) is 63.1 Å². The Kier molecular flexibility index (Phi) is 5.62. The summed E-state index contributed by atoms with van der Waals surface area (Å²) in [6.07, 6.45) is 2.88. The maximum atomic E-state index is 13.1. The molecule has 0 spiro atoms. The van der Waals surface area contributed by atoms with E-state index in [0.29, 0.717) is 32.8 Å². The number of nitrogens with zero attached hydrogens (tertiary/aromatic N) is 4. The third-order valence-corrected chi connectivity index (χ3v) is 5.19. The van der Waals surface area contributed by atoms with E-state index in [-0.39, 0.29) is 29.5 Å². The van der Waals surface area contributed by atoms with Crippen LogP contribution in [0.2, 0.25) is 0 Å². The fourth-order valence-electron chi connectivity index (χ4n) is 3.76. The van der Waals surface area contributed by atoms with Crippen molar-refractivity contribution >= 4 is 17.8 Å². The third-order valence-electron chi connectivity index (χ3n) is 5.19. The molecule has 2 aliphatic rings. The molecule has 0 N–H and O–H groups in total. The van der Waals surface area contributed by atoms with Crippen molar-refractivity contribution in [1.29, 1.82) is 0 Å². The van der Waals surface area contributed by atoms with Crippen molar-refractivity contribution in [3.8, 4) is 0 Å². The van der Waals surface area contributed by atoms with E-state index < -0.39 is 5.97 Å². The summed E-state index contributed by atoms with van der Waals surface area (Å²) in [6, 6.07) is 1.66. The average molecular weight is 374 g/mol. The molecule has 1 aromatic rings. The van der Waals surface area contributed by atoms with Crippen LogP contribution in [0.15, 0.2) is 18.7 Å². The van der Waals surface area contributed by atoms with Crippen LogP contribution in [0.3, 0.4) is 0 Å². The zero-order valence-corrected chi connectivity index (χ0v) is 15.9. The van der Waals surface area contributed by atoms with Gasteiger partial charge in [-0.25, -0.2) is 4.79 Å². The smallest absolute Gasteiger partial charge is 0.358 e. The summed E-state index contributed by atoms with van der Waals surface area (Å²) in [5, 5.41) is 4.31. The Hall–Kier alpha value is -2.64. The van der Waals surface area contributed by atoms with Crippen molar-refractivity contribution in [3.63, 3.8) is 0 Å². The summed E-state index contributed by atoms with van der Waals surface area (Å²) in [6.45, 7) is 9.58. The van der Waals surface area contributed by atoms with E-state index >= 15 is 0 Å². The molecule has 1 saturated heterocycles. The minimum Gasteiger partial charge on any atom is -0.461 e. The minimum absolute atomic E-state index is 0.0366. The maximum Gasteiger partial charge on any atom is 0.358 e. The third kappa shape index (κ3) is 3.89. The van der Waals surface area contributed by atoms with Gasteiger partial charge in [0.25, 0.3) is 0 Å². The highest BCUT2D eigenvalue weighted by atomic mass is 16.5. The van der Waals surface area contributed by atoms with Crippen molar-refractivity contribution in [1.82, 2.24) is 19.6 Å². The minimum atomic E-state index is -0.448. The summed E-state index contributed by atoms with van der Waals surface area (Å²) in [4.78, 5) is 40.4. The summed E-state index contributed by atoms with van der Waals surface area (Å²) < 4.78 is 6.78. The Balaban J connectivity index is 1.72. The van der Waals surface area contributed by atoms with Gasteiger partial charge in [0.05, 0.1) is 31.3 Å². The number of rotatable bonds is 4.